The number of rotatable bonds is 1. The van der Waals surface area contributed by atoms with Gasteiger partial charge in [0.1, 0.15) is 0 Å². The van der Waals surface area contributed by atoms with E-state index < -0.39 is 5.76 Å². The van der Waals surface area contributed by atoms with Gasteiger partial charge in [-0.3, -0.25) is 4.98 Å². The molecular formula is C13H18N4O2. The molecule has 0 bridgehead atoms. The van der Waals surface area contributed by atoms with Crippen molar-refractivity contribution in [3.05, 3.63) is 22.7 Å². The molecule has 1 aromatic heterocycles. The van der Waals surface area contributed by atoms with Crippen LogP contribution in [0.3, 0.4) is 0 Å². The summed E-state index contributed by atoms with van der Waals surface area (Å²) in [6, 6.07) is 4.09. The average molecular weight is 262 g/mol. The van der Waals surface area contributed by atoms with Crippen molar-refractivity contribution < 1.29 is 4.42 Å². The van der Waals surface area contributed by atoms with Gasteiger partial charge < -0.3 is 20.0 Å². The van der Waals surface area contributed by atoms with Crippen LogP contribution in [0.4, 0.5) is 11.4 Å². The van der Waals surface area contributed by atoms with E-state index in [1.807, 2.05) is 6.07 Å². The molecule has 6 nitrogen and oxygen atoms in total. The number of benzene rings is 1. The Morgan fingerprint density at radius 1 is 1.42 bits per heavy atom. The molecule has 0 amide bonds. The minimum Gasteiger partial charge on any atom is -0.408 e. The molecule has 1 unspecified atom stereocenters. The van der Waals surface area contributed by atoms with Gasteiger partial charge in [0.25, 0.3) is 0 Å². The van der Waals surface area contributed by atoms with E-state index in [9.17, 15) is 4.79 Å². The van der Waals surface area contributed by atoms with Crippen LogP contribution in [0, 0.1) is 0 Å². The van der Waals surface area contributed by atoms with Crippen LogP contribution >= 0.6 is 0 Å². The van der Waals surface area contributed by atoms with E-state index >= 15 is 0 Å². The number of hydrogen-bond donors (Lipinski definition) is 2. The van der Waals surface area contributed by atoms with Crippen LogP contribution in [0.25, 0.3) is 11.1 Å². The van der Waals surface area contributed by atoms with Gasteiger partial charge in [0, 0.05) is 31.7 Å². The molecule has 2 aromatic rings. The van der Waals surface area contributed by atoms with Gasteiger partial charge in [-0.1, -0.05) is 0 Å². The molecular weight excluding hydrogens is 244 g/mol. The number of nitrogens with zero attached hydrogens (tertiary/aromatic N) is 2. The van der Waals surface area contributed by atoms with Crippen molar-refractivity contribution in [2.75, 3.05) is 37.3 Å². The van der Waals surface area contributed by atoms with E-state index in [-0.39, 0.29) is 0 Å². The number of nitrogens with two attached hydrogens (primary N) is 1. The van der Waals surface area contributed by atoms with Gasteiger partial charge in [0.05, 0.1) is 16.9 Å². The molecule has 3 N–H and O–H groups in total. The summed E-state index contributed by atoms with van der Waals surface area (Å²) in [6.45, 7) is 5.05. The fourth-order valence-corrected chi connectivity index (χ4v) is 2.54. The zero-order valence-electron chi connectivity index (χ0n) is 11.1. The predicted octanol–water partition coefficient (Wildman–Crippen LogP) is 0.844. The molecule has 0 radical (unpaired) electrons. The number of H-pyrrole nitrogens is 1. The fourth-order valence-electron chi connectivity index (χ4n) is 2.54. The third-order valence-corrected chi connectivity index (χ3v) is 3.87. The van der Waals surface area contributed by atoms with Gasteiger partial charge in [0.2, 0.25) is 0 Å². The summed E-state index contributed by atoms with van der Waals surface area (Å²) in [5.41, 5.74) is 8.89. The molecule has 0 aliphatic carbocycles. The monoisotopic (exact) mass is 262 g/mol. The van der Waals surface area contributed by atoms with Gasteiger partial charge in [-0.25, -0.2) is 4.79 Å². The van der Waals surface area contributed by atoms with Crippen molar-refractivity contribution in [2.24, 2.45) is 0 Å². The lowest BCUT2D eigenvalue weighted by atomic mass is 10.1. The number of hydrogen-bond acceptors (Lipinski definition) is 5. The second kappa shape index (κ2) is 4.31. The highest BCUT2D eigenvalue weighted by Gasteiger charge is 2.22. The van der Waals surface area contributed by atoms with E-state index in [2.05, 4.69) is 28.8 Å². The highest BCUT2D eigenvalue weighted by molar-refractivity contribution is 5.85. The molecule has 0 spiro atoms. The number of nitrogen functional groups attached to an aromatic ring is 1. The smallest absolute Gasteiger partial charge is 0.408 e. The second-order valence-electron chi connectivity index (χ2n) is 5.20. The van der Waals surface area contributed by atoms with Gasteiger partial charge in [-0.15, -0.1) is 0 Å². The standard InChI is InChI=1S/C13H18N4O2/c1-8-7-17(4-3-16(8)2)11-6-10-12(5-9(11)14)19-13(18)15-10/h5-6,8H,3-4,7,14H2,1-2H3,(H,15,18). The first-order chi connectivity index (χ1) is 9.04. The number of anilines is 2. The van der Waals surface area contributed by atoms with E-state index in [1.54, 1.807) is 6.07 Å². The lowest BCUT2D eigenvalue weighted by Crippen LogP contribution is -2.50. The lowest BCUT2D eigenvalue weighted by Gasteiger charge is -2.39. The van der Waals surface area contributed by atoms with E-state index in [4.69, 9.17) is 10.2 Å². The zero-order valence-corrected chi connectivity index (χ0v) is 11.1. The summed E-state index contributed by atoms with van der Waals surface area (Å²) in [6.07, 6.45) is 0. The SMILES string of the molecule is CC1CN(c2cc3[nH]c(=O)oc3cc2N)CCN1C. The number of nitrogens with one attached hydrogen (secondary N) is 1. The average Bonchev–Trinajstić information content (AvgIpc) is 2.71. The maximum absolute atomic E-state index is 11.2. The number of aromatic nitrogens is 1. The minimum atomic E-state index is -0.446. The maximum Gasteiger partial charge on any atom is 0.417 e. The highest BCUT2D eigenvalue weighted by Crippen LogP contribution is 2.29. The Morgan fingerprint density at radius 3 is 2.95 bits per heavy atom. The van der Waals surface area contributed by atoms with E-state index in [0.29, 0.717) is 22.8 Å². The Bertz CT molecular complexity index is 660. The summed E-state index contributed by atoms with van der Waals surface area (Å²) in [7, 11) is 2.13. The molecule has 1 saturated heterocycles. The Hall–Kier alpha value is -1.95. The fraction of sp³-hybridized carbons (Fsp3) is 0.462. The Balaban J connectivity index is 2.00. The molecule has 0 saturated carbocycles. The molecule has 6 heteroatoms. The Labute approximate surface area is 110 Å². The van der Waals surface area contributed by atoms with Crippen LogP contribution in [0.5, 0.6) is 0 Å². The van der Waals surface area contributed by atoms with Crippen molar-refractivity contribution in [1.29, 1.82) is 0 Å². The quantitative estimate of drug-likeness (QED) is 0.745. The summed E-state index contributed by atoms with van der Waals surface area (Å²) >= 11 is 0. The summed E-state index contributed by atoms with van der Waals surface area (Å²) in [4.78, 5) is 18.4. The number of aromatic amines is 1. The maximum atomic E-state index is 11.2. The van der Waals surface area contributed by atoms with Crippen molar-refractivity contribution in [3.63, 3.8) is 0 Å². The second-order valence-corrected chi connectivity index (χ2v) is 5.20. The van der Waals surface area contributed by atoms with Crippen LogP contribution in [-0.4, -0.2) is 42.6 Å². The summed E-state index contributed by atoms with van der Waals surface area (Å²) in [5, 5.41) is 0. The van der Waals surface area contributed by atoms with Crippen LogP contribution in [0.15, 0.2) is 21.3 Å². The number of likely N-dealkylation sites (N-methyl/N-ethyl adjacent to an activating group) is 1. The molecule has 1 atom stereocenters. The van der Waals surface area contributed by atoms with Crippen molar-refractivity contribution in [1.82, 2.24) is 9.88 Å². The first kappa shape index (κ1) is 12.1. The molecule has 102 valence electrons. The van der Waals surface area contributed by atoms with Crippen LogP contribution in [0.2, 0.25) is 0 Å². The molecule has 2 heterocycles. The summed E-state index contributed by atoms with van der Waals surface area (Å²) < 4.78 is 5.01. The molecule has 19 heavy (non-hydrogen) atoms. The van der Waals surface area contributed by atoms with Gasteiger partial charge in [-0.05, 0) is 20.0 Å². The van der Waals surface area contributed by atoms with Gasteiger partial charge in [0.15, 0.2) is 5.58 Å². The van der Waals surface area contributed by atoms with E-state index in [0.717, 1.165) is 25.3 Å². The number of piperazine rings is 1. The van der Waals surface area contributed by atoms with Gasteiger partial charge >= 0.3 is 5.76 Å². The first-order valence-corrected chi connectivity index (χ1v) is 6.42. The van der Waals surface area contributed by atoms with Crippen LogP contribution < -0.4 is 16.4 Å². The highest BCUT2D eigenvalue weighted by atomic mass is 16.4. The summed E-state index contributed by atoms with van der Waals surface area (Å²) in [5.74, 6) is -0.446. The largest absolute Gasteiger partial charge is 0.417 e. The Kier molecular flexibility index (Phi) is 2.74. The zero-order chi connectivity index (χ0) is 13.6. The first-order valence-electron chi connectivity index (χ1n) is 6.42. The van der Waals surface area contributed by atoms with Gasteiger partial charge in [-0.2, -0.15) is 0 Å². The van der Waals surface area contributed by atoms with Crippen molar-refractivity contribution >= 4 is 22.5 Å². The molecule has 3 rings (SSSR count). The van der Waals surface area contributed by atoms with Crippen LogP contribution in [-0.2, 0) is 0 Å². The molecule has 1 fully saturated rings. The topological polar surface area (TPSA) is 78.5 Å². The van der Waals surface area contributed by atoms with E-state index in [1.165, 1.54) is 0 Å². The lowest BCUT2D eigenvalue weighted by molar-refractivity contribution is 0.234. The predicted molar refractivity (Wildman–Crippen MR) is 75.6 cm³/mol. The van der Waals surface area contributed by atoms with Crippen molar-refractivity contribution in [3.8, 4) is 0 Å². The Morgan fingerprint density at radius 2 is 2.21 bits per heavy atom. The number of fused-ring (bicyclic) bond motifs is 1. The third kappa shape index (κ3) is 2.08. The molecule has 1 aliphatic rings. The van der Waals surface area contributed by atoms with Crippen LogP contribution in [0.1, 0.15) is 6.92 Å². The normalized spacial score (nSPS) is 21.2. The third-order valence-electron chi connectivity index (χ3n) is 3.87. The molecule has 1 aliphatic heterocycles. The molecule has 1 aromatic carbocycles. The number of oxazole rings is 1. The van der Waals surface area contributed by atoms with Crippen molar-refractivity contribution in [2.45, 2.75) is 13.0 Å². The minimum absolute atomic E-state index is 0.446.